The van der Waals surface area contributed by atoms with E-state index in [2.05, 4.69) is 5.32 Å². The molecule has 172 valence electrons. The summed E-state index contributed by atoms with van der Waals surface area (Å²) in [7, 11) is -7.00. The summed E-state index contributed by atoms with van der Waals surface area (Å²) in [6.45, 7) is 2.85. The molecule has 1 N–H and O–H groups in total. The number of amides is 1. The van der Waals surface area contributed by atoms with Crippen LogP contribution in [0.25, 0.3) is 0 Å². The van der Waals surface area contributed by atoms with Gasteiger partial charge in [-0.3, -0.25) is 9.10 Å². The Labute approximate surface area is 189 Å². The normalized spacial score (nSPS) is 19.6. The van der Waals surface area contributed by atoms with Crippen molar-refractivity contribution >= 4 is 37.3 Å². The van der Waals surface area contributed by atoms with Gasteiger partial charge in [0.15, 0.2) is 0 Å². The van der Waals surface area contributed by atoms with Gasteiger partial charge < -0.3 is 5.32 Å². The number of sulfonamides is 2. The summed E-state index contributed by atoms with van der Waals surface area (Å²) in [5.41, 5.74) is 2.15. The number of hydrogen-bond donors (Lipinski definition) is 1. The molecule has 1 saturated heterocycles. The van der Waals surface area contributed by atoms with Crippen LogP contribution in [0, 0.1) is 0 Å². The average Bonchev–Trinajstić information content (AvgIpc) is 3.09. The predicted octanol–water partition coefficient (Wildman–Crippen LogP) is 2.82. The van der Waals surface area contributed by atoms with Crippen molar-refractivity contribution < 1.29 is 21.6 Å². The molecule has 2 aromatic carbocycles. The van der Waals surface area contributed by atoms with Crippen molar-refractivity contribution in [2.45, 2.75) is 43.5 Å². The number of carbonyl (C=O) groups excluding carboxylic acids is 1. The van der Waals surface area contributed by atoms with Gasteiger partial charge >= 0.3 is 0 Å². The molecule has 0 spiro atoms. The molecule has 2 heterocycles. The minimum Gasteiger partial charge on any atom is -0.322 e. The van der Waals surface area contributed by atoms with Gasteiger partial charge in [-0.25, -0.2) is 16.8 Å². The minimum absolute atomic E-state index is 0.156. The van der Waals surface area contributed by atoms with Gasteiger partial charge in [0.05, 0.1) is 16.8 Å². The summed E-state index contributed by atoms with van der Waals surface area (Å²) in [6.07, 6.45) is 4.42. The molecule has 0 unspecified atom stereocenters. The number of rotatable bonds is 5. The van der Waals surface area contributed by atoms with E-state index in [0.29, 0.717) is 36.4 Å². The summed E-state index contributed by atoms with van der Waals surface area (Å²) < 4.78 is 52.9. The number of benzene rings is 2. The lowest BCUT2D eigenvalue weighted by Gasteiger charge is -2.26. The monoisotopic (exact) mass is 477 g/mol. The lowest BCUT2D eigenvalue weighted by atomic mass is 10.1. The Morgan fingerprint density at radius 1 is 1.00 bits per heavy atom. The molecule has 1 amide bonds. The zero-order valence-corrected chi connectivity index (χ0v) is 19.7. The van der Waals surface area contributed by atoms with Crippen molar-refractivity contribution in [2.75, 3.05) is 29.0 Å². The SMILES string of the molecule is C[C@@H]1Cc2cc(C(=O)Nc3cccc(S(=O)(=O)N4CCCCC4)c3)ccc2N1S(C)(=O)=O. The zero-order chi connectivity index (χ0) is 23.1. The molecule has 32 heavy (non-hydrogen) atoms. The van der Waals surface area contributed by atoms with Gasteiger partial charge in [-0.15, -0.1) is 0 Å². The third-order valence-corrected chi connectivity index (χ3v) is 9.06. The van der Waals surface area contributed by atoms with E-state index in [0.717, 1.165) is 24.8 Å². The standard InChI is InChI=1S/C22H27N3O5S2/c1-16-13-18-14-17(9-10-21(18)25(16)31(2,27)28)22(26)23-19-7-6-8-20(15-19)32(29,30)24-11-4-3-5-12-24/h6-10,14-16H,3-5,11-13H2,1-2H3,(H,23,26)/t16-/m1/s1. The minimum atomic E-state index is -3.60. The molecule has 8 nitrogen and oxygen atoms in total. The van der Waals surface area contributed by atoms with E-state index in [-0.39, 0.29) is 16.8 Å². The fourth-order valence-electron chi connectivity index (χ4n) is 4.44. The Morgan fingerprint density at radius 2 is 1.72 bits per heavy atom. The van der Waals surface area contributed by atoms with Crippen molar-refractivity contribution in [1.82, 2.24) is 4.31 Å². The van der Waals surface area contributed by atoms with E-state index >= 15 is 0 Å². The second-order valence-corrected chi connectivity index (χ2v) is 12.2. The molecule has 0 aliphatic carbocycles. The second-order valence-electron chi connectivity index (χ2n) is 8.40. The Morgan fingerprint density at radius 3 is 2.41 bits per heavy atom. The molecule has 2 aliphatic heterocycles. The quantitative estimate of drug-likeness (QED) is 0.713. The van der Waals surface area contributed by atoms with Gasteiger partial charge in [-0.2, -0.15) is 4.31 Å². The predicted molar refractivity (Wildman–Crippen MR) is 124 cm³/mol. The van der Waals surface area contributed by atoms with Crippen LogP contribution in [0.1, 0.15) is 42.1 Å². The van der Waals surface area contributed by atoms with E-state index in [9.17, 15) is 21.6 Å². The maximum Gasteiger partial charge on any atom is 0.255 e. The number of nitrogens with one attached hydrogen (secondary N) is 1. The average molecular weight is 478 g/mol. The van der Waals surface area contributed by atoms with Crippen molar-refractivity contribution in [1.29, 1.82) is 0 Å². The Balaban J connectivity index is 1.54. The van der Waals surface area contributed by atoms with Crippen LogP contribution in [0.4, 0.5) is 11.4 Å². The third-order valence-electron chi connectivity index (χ3n) is 5.90. The maximum atomic E-state index is 12.9. The van der Waals surface area contributed by atoms with Crippen LogP contribution < -0.4 is 9.62 Å². The molecule has 0 saturated carbocycles. The van der Waals surface area contributed by atoms with E-state index < -0.39 is 20.0 Å². The number of carbonyl (C=O) groups is 1. The summed E-state index contributed by atoms with van der Waals surface area (Å²) >= 11 is 0. The third kappa shape index (κ3) is 4.39. The van der Waals surface area contributed by atoms with E-state index in [4.69, 9.17) is 0 Å². The number of anilines is 2. The van der Waals surface area contributed by atoms with Gasteiger partial charge in [0, 0.05) is 30.4 Å². The van der Waals surface area contributed by atoms with Crippen LogP contribution in [0.2, 0.25) is 0 Å². The lowest BCUT2D eigenvalue weighted by Crippen LogP contribution is -2.35. The van der Waals surface area contributed by atoms with E-state index in [1.165, 1.54) is 27.0 Å². The van der Waals surface area contributed by atoms with Crippen LogP contribution in [0.15, 0.2) is 47.4 Å². The summed E-state index contributed by atoms with van der Waals surface area (Å²) in [6, 6.07) is 11.0. The largest absolute Gasteiger partial charge is 0.322 e. The van der Waals surface area contributed by atoms with Crippen molar-refractivity contribution in [3.05, 3.63) is 53.6 Å². The van der Waals surface area contributed by atoms with Crippen LogP contribution >= 0.6 is 0 Å². The Kier molecular flexibility index (Phi) is 6.04. The smallest absolute Gasteiger partial charge is 0.255 e. The molecule has 0 aromatic heterocycles. The molecular formula is C22H27N3O5S2. The molecule has 10 heteroatoms. The van der Waals surface area contributed by atoms with Crippen LogP contribution in [0.5, 0.6) is 0 Å². The highest BCUT2D eigenvalue weighted by Gasteiger charge is 2.33. The Bertz CT molecular complexity index is 1250. The highest BCUT2D eigenvalue weighted by Crippen LogP contribution is 2.35. The van der Waals surface area contributed by atoms with E-state index in [1.807, 2.05) is 6.92 Å². The van der Waals surface area contributed by atoms with Crippen molar-refractivity contribution in [3.8, 4) is 0 Å². The van der Waals surface area contributed by atoms with Crippen LogP contribution in [0.3, 0.4) is 0 Å². The van der Waals surface area contributed by atoms with E-state index in [1.54, 1.807) is 30.3 Å². The van der Waals surface area contributed by atoms with Gasteiger partial charge in [0.1, 0.15) is 0 Å². The van der Waals surface area contributed by atoms with Gasteiger partial charge in [0.25, 0.3) is 5.91 Å². The fourth-order valence-corrected chi connectivity index (χ4v) is 7.27. The first kappa shape index (κ1) is 22.8. The van der Waals surface area contributed by atoms with Crippen LogP contribution in [-0.2, 0) is 26.5 Å². The van der Waals surface area contributed by atoms with Gasteiger partial charge in [-0.1, -0.05) is 12.5 Å². The number of nitrogens with zero attached hydrogens (tertiary/aromatic N) is 2. The lowest BCUT2D eigenvalue weighted by molar-refractivity contribution is 0.102. The first-order chi connectivity index (χ1) is 15.1. The molecule has 4 rings (SSSR count). The summed E-state index contributed by atoms with van der Waals surface area (Å²) in [5.74, 6) is -0.384. The molecule has 2 aliphatic rings. The molecule has 1 atom stereocenters. The molecule has 0 bridgehead atoms. The molecule has 2 aromatic rings. The first-order valence-electron chi connectivity index (χ1n) is 10.6. The highest BCUT2D eigenvalue weighted by atomic mass is 32.2. The first-order valence-corrected chi connectivity index (χ1v) is 13.9. The fraction of sp³-hybridized carbons (Fsp3) is 0.409. The van der Waals surface area contributed by atoms with Crippen molar-refractivity contribution in [3.63, 3.8) is 0 Å². The number of hydrogen-bond acceptors (Lipinski definition) is 5. The molecule has 1 fully saturated rings. The molecule has 0 radical (unpaired) electrons. The van der Waals surface area contributed by atoms with Crippen LogP contribution in [-0.4, -0.2) is 52.4 Å². The van der Waals surface area contributed by atoms with Gasteiger partial charge in [-0.05, 0) is 68.1 Å². The highest BCUT2D eigenvalue weighted by molar-refractivity contribution is 7.92. The number of piperidine rings is 1. The number of fused-ring (bicyclic) bond motifs is 1. The Hall–Kier alpha value is -2.43. The van der Waals surface area contributed by atoms with Crippen molar-refractivity contribution in [2.24, 2.45) is 0 Å². The molecular weight excluding hydrogens is 450 g/mol. The second kappa shape index (κ2) is 8.49. The zero-order valence-electron chi connectivity index (χ0n) is 18.1. The maximum absolute atomic E-state index is 12.9. The summed E-state index contributed by atoms with van der Waals surface area (Å²) in [4.78, 5) is 13.0. The summed E-state index contributed by atoms with van der Waals surface area (Å²) in [5, 5.41) is 2.76. The van der Waals surface area contributed by atoms with Gasteiger partial charge in [0.2, 0.25) is 20.0 Å². The topological polar surface area (TPSA) is 104 Å².